The van der Waals surface area contributed by atoms with Crippen molar-refractivity contribution >= 4 is 12.0 Å². The number of urea groups is 1. The molecular weight excluding hydrogens is 236 g/mol. The molecule has 1 saturated carbocycles. The van der Waals surface area contributed by atoms with Gasteiger partial charge in [0.15, 0.2) is 6.10 Å². The van der Waals surface area contributed by atoms with Crippen molar-refractivity contribution in [3.8, 4) is 0 Å². The van der Waals surface area contributed by atoms with Crippen LogP contribution in [-0.2, 0) is 4.79 Å². The van der Waals surface area contributed by atoms with Crippen LogP contribution in [0.2, 0.25) is 0 Å². The molecule has 18 heavy (non-hydrogen) atoms. The van der Waals surface area contributed by atoms with Gasteiger partial charge < -0.3 is 20.8 Å². The molecule has 6 heteroatoms. The third-order valence-electron chi connectivity index (χ3n) is 3.34. The average Bonchev–Trinajstić information content (AvgIpc) is 2.33. The Balaban J connectivity index is 2.14. The van der Waals surface area contributed by atoms with Gasteiger partial charge in [-0.15, -0.1) is 0 Å². The SMILES string of the molecule is CC1CCCC(CNC(=O)NCC(O)C(=O)O)C1. The molecular formula is C12H22N2O4. The zero-order valence-electron chi connectivity index (χ0n) is 10.7. The normalized spacial score (nSPS) is 25.2. The van der Waals surface area contributed by atoms with Crippen LogP contribution in [0, 0.1) is 11.8 Å². The quantitative estimate of drug-likeness (QED) is 0.579. The third kappa shape index (κ3) is 5.35. The second-order valence-corrected chi connectivity index (χ2v) is 5.08. The van der Waals surface area contributed by atoms with Gasteiger partial charge in [0.05, 0.1) is 6.54 Å². The largest absolute Gasteiger partial charge is 0.479 e. The highest BCUT2D eigenvalue weighted by molar-refractivity contribution is 5.76. The van der Waals surface area contributed by atoms with Crippen molar-refractivity contribution in [1.29, 1.82) is 0 Å². The van der Waals surface area contributed by atoms with E-state index in [9.17, 15) is 9.59 Å². The number of hydrogen-bond donors (Lipinski definition) is 4. The number of carbonyl (C=O) groups is 2. The first kappa shape index (κ1) is 14.8. The third-order valence-corrected chi connectivity index (χ3v) is 3.34. The molecule has 1 aliphatic carbocycles. The van der Waals surface area contributed by atoms with Gasteiger partial charge in [-0.05, 0) is 24.7 Å². The lowest BCUT2D eigenvalue weighted by Gasteiger charge is -2.26. The minimum absolute atomic E-state index is 0.276. The molecule has 1 fully saturated rings. The summed E-state index contributed by atoms with van der Waals surface area (Å²) in [6.45, 7) is 2.55. The molecule has 0 heterocycles. The first-order valence-electron chi connectivity index (χ1n) is 6.41. The van der Waals surface area contributed by atoms with E-state index < -0.39 is 18.1 Å². The monoisotopic (exact) mass is 258 g/mol. The maximum atomic E-state index is 11.4. The first-order chi connectivity index (χ1) is 8.49. The maximum Gasteiger partial charge on any atom is 0.334 e. The molecule has 2 amide bonds. The van der Waals surface area contributed by atoms with Gasteiger partial charge in [0, 0.05) is 6.54 Å². The fourth-order valence-electron chi connectivity index (χ4n) is 2.32. The summed E-state index contributed by atoms with van der Waals surface area (Å²) in [5, 5.41) is 22.5. The molecule has 4 N–H and O–H groups in total. The number of rotatable bonds is 5. The predicted molar refractivity (Wildman–Crippen MR) is 66.2 cm³/mol. The summed E-state index contributed by atoms with van der Waals surface area (Å²) in [6.07, 6.45) is 3.16. The fraction of sp³-hybridized carbons (Fsp3) is 0.833. The highest BCUT2D eigenvalue weighted by atomic mass is 16.4. The van der Waals surface area contributed by atoms with E-state index >= 15 is 0 Å². The fourth-order valence-corrected chi connectivity index (χ4v) is 2.32. The van der Waals surface area contributed by atoms with E-state index in [0.29, 0.717) is 18.4 Å². The van der Waals surface area contributed by atoms with Crippen LogP contribution >= 0.6 is 0 Å². The Labute approximate surface area is 107 Å². The topological polar surface area (TPSA) is 98.7 Å². The van der Waals surface area contributed by atoms with E-state index in [1.54, 1.807) is 0 Å². The van der Waals surface area contributed by atoms with Gasteiger partial charge in [0.1, 0.15) is 0 Å². The Bertz CT molecular complexity index is 296. The molecule has 1 aliphatic rings. The van der Waals surface area contributed by atoms with Crippen LogP contribution in [0.1, 0.15) is 32.6 Å². The van der Waals surface area contributed by atoms with E-state index in [1.807, 2.05) is 0 Å². The number of nitrogens with one attached hydrogen (secondary N) is 2. The van der Waals surface area contributed by atoms with E-state index in [4.69, 9.17) is 10.2 Å². The molecule has 6 nitrogen and oxygen atoms in total. The summed E-state index contributed by atoms with van der Waals surface area (Å²) in [6, 6.07) is -0.423. The Morgan fingerprint density at radius 2 is 2.06 bits per heavy atom. The lowest BCUT2D eigenvalue weighted by atomic mass is 9.82. The average molecular weight is 258 g/mol. The van der Waals surface area contributed by atoms with Crippen molar-refractivity contribution in [3.63, 3.8) is 0 Å². The van der Waals surface area contributed by atoms with Crippen LogP contribution in [-0.4, -0.2) is 41.4 Å². The standard InChI is InChI=1S/C12H22N2O4/c1-8-3-2-4-9(5-8)6-13-12(18)14-7-10(15)11(16)17/h8-10,15H,2-7H2,1H3,(H,16,17)(H2,13,14,18). The summed E-state index contributed by atoms with van der Waals surface area (Å²) in [5.74, 6) is -0.122. The Hall–Kier alpha value is -1.30. The predicted octanol–water partition coefficient (Wildman–Crippen LogP) is 0.557. The molecule has 3 atom stereocenters. The minimum atomic E-state index is -1.55. The maximum absolute atomic E-state index is 11.4. The van der Waals surface area contributed by atoms with Gasteiger partial charge >= 0.3 is 12.0 Å². The number of aliphatic hydroxyl groups is 1. The number of hydrogen-bond acceptors (Lipinski definition) is 3. The van der Waals surface area contributed by atoms with Gasteiger partial charge in [0.25, 0.3) is 0 Å². The van der Waals surface area contributed by atoms with Gasteiger partial charge in [-0.25, -0.2) is 9.59 Å². The molecule has 0 aromatic heterocycles. The summed E-state index contributed by atoms with van der Waals surface area (Å²) in [7, 11) is 0. The molecule has 0 aromatic rings. The van der Waals surface area contributed by atoms with E-state index in [-0.39, 0.29) is 6.54 Å². The lowest BCUT2D eigenvalue weighted by molar-refractivity contribution is -0.146. The molecule has 0 aliphatic heterocycles. The van der Waals surface area contributed by atoms with Crippen molar-refractivity contribution in [2.24, 2.45) is 11.8 Å². The highest BCUT2D eigenvalue weighted by Gasteiger charge is 2.19. The van der Waals surface area contributed by atoms with E-state index in [2.05, 4.69) is 17.6 Å². The Morgan fingerprint density at radius 3 is 2.67 bits per heavy atom. The first-order valence-corrected chi connectivity index (χ1v) is 6.41. The number of carbonyl (C=O) groups excluding carboxylic acids is 1. The van der Waals surface area contributed by atoms with Crippen LogP contribution in [0.4, 0.5) is 4.79 Å². The molecule has 0 bridgehead atoms. The van der Waals surface area contributed by atoms with E-state index in [0.717, 1.165) is 12.8 Å². The molecule has 104 valence electrons. The Morgan fingerprint density at radius 1 is 1.33 bits per heavy atom. The number of carboxylic acid groups (broad SMARTS) is 1. The van der Waals surface area contributed by atoms with Crippen molar-refractivity contribution in [1.82, 2.24) is 10.6 Å². The minimum Gasteiger partial charge on any atom is -0.479 e. The van der Waals surface area contributed by atoms with Crippen molar-refractivity contribution in [2.75, 3.05) is 13.1 Å². The molecule has 1 rings (SSSR count). The number of aliphatic hydroxyl groups excluding tert-OH is 1. The number of carboxylic acids is 1. The van der Waals surface area contributed by atoms with Gasteiger partial charge in [-0.3, -0.25) is 0 Å². The van der Waals surface area contributed by atoms with Crippen molar-refractivity contribution < 1.29 is 19.8 Å². The smallest absolute Gasteiger partial charge is 0.334 e. The summed E-state index contributed by atoms with van der Waals surface area (Å²) in [5.41, 5.74) is 0. The van der Waals surface area contributed by atoms with Gasteiger partial charge in [-0.2, -0.15) is 0 Å². The number of amides is 2. The van der Waals surface area contributed by atoms with Crippen molar-refractivity contribution in [3.05, 3.63) is 0 Å². The van der Waals surface area contributed by atoms with Crippen LogP contribution < -0.4 is 10.6 Å². The second kappa shape index (κ2) is 7.20. The van der Waals surface area contributed by atoms with Crippen LogP contribution in [0.25, 0.3) is 0 Å². The molecule has 0 saturated heterocycles. The van der Waals surface area contributed by atoms with Crippen LogP contribution in [0.15, 0.2) is 0 Å². The van der Waals surface area contributed by atoms with Gasteiger partial charge in [0.2, 0.25) is 0 Å². The number of aliphatic carboxylic acids is 1. The molecule has 0 aromatic carbocycles. The summed E-state index contributed by atoms with van der Waals surface area (Å²) in [4.78, 5) is 21.7. The lowest BCUT2D eigenvalue weighted by Crippen LogP contribution is -2.43. The summed E-state index contributed by atoms with van der Waals surface area (Å²) >= 11 is 0. The molecule has 0 radical (unpaired) electrons. The van der Waals surface area contributed by atoms with Crippen molar-refractivity contribution in [2.45, 2.75) is 38.7 Å². The zero-order chi connectivity index (χ0) is 13.5. The zero-order valence-corrected chi connectivity index (χ0v) is 10.7. The second-order valence-electron chi connectivity index (χ2n) is 5.08. The van der Waals surface area contributed by atoms with Crippen LogP contribution in [0.3, 0.4) is 0 Å². The highest BCUT2D eigenvalue weighted by Crippen LogP contribution is 2.27. The summed E-state index contributed by atoms with van der Waals surface area (Å²) < 4.78 is 0. The molecule has 3 unspecified atom stereocenters. The van der Waals surface area contributed by atoms with Gasteiger partial charge in [-0.1, -0.05) is 19.8 Å². The van der Waals surface area contributed by atoms with E-state index in [1.165, 1.54) is 12.8 Å². The van der Waals surface area contributed by atoms with Crippen LogP contribution in [0.5, 0.6) is 0 Å². The molecule has 0 spiro atoms. The Kier molecular flexibility index (Phi) is 5.91.